The summed E-state index contributed by atoms with van der Waals surface area (Å²) >= 11 is 0.921. The van der Waals surface area contributed by atoms with Crippen LogP contribution in [0.2, 0.25) is 0 Å². The lowest BCUT2D eigenvalue weighted by molar-refractivity contribution is -0.116. The maximum Gasteiger partial charge on any atom is 0.346 e. The van der Waals surface area contributed by atoms with E-state index in [1.165, 1.54) is 18.5 Å². The Morgan fingerprint density at radius 2 is 1.93 bits per heavy atom. The number of carboxylic acid groups (broad SMARTS) is 1. The Morgan fingerprint density at radius 1 is 1.24 bits per heavy atom. The van der Waals surface area contributed by atoms with Gasteiger partial charge in [-0.15, -0.1) is 11.3 Å². The van der Waals surface area contributed by atoms with Crippen molar-refractivity contribution in [3.8, 4) is 0 Å². The number of hydrogen-bond donors (Lipinski definition) is 2. The van der Waals surface area contributed by atoms with Crippen molar-refractivity contribution in [2.45, 2.75) is 20.4 Å². The highest BCUT2D eigenvalue weighted by Crippen LogP contribution is 2.26. The van der Waals surface area contributed by atoms with E-state index in [1.54, 1.807) is 26.0 Å². The minimum absolute atomic E-state index is 0.0495. The molecule has 10 heteroatoms. The number of hydrogen-bond acceptors (Lipinski definition) is 7. The van der Waals surface area contributed by atoms with Gasteiger partial charge >= 0.3 is 11.9 Å². The zero-order chi connectivity index (χ0) is 21.1. The molecule has 0 aliphatic carbocycles. The second kappa shape index (κ2) is 8.23. The van der Waals surface area contributed by atoms with Crippen LogP contribution in [0.4, 0.5) is 5.69 Å². The Bertz CT molecular complexity index is 1160. The summed E-state index contributed by atoms with van der Waals surface area (Å²) in [6.07, 6.45) is 1.22. The first-order chi connectivity index (χ1) is 13.8. The Morgan fingerprint density at radius 3 is 2.55 bits per heavy atom. The van der Waals surface area contributed by atoms with Crippen molar-refractivity contribution in [1.82, 2.24) is 9.55 Å². The number of ether oxygens (including phenoxy) is 1. The van der Waals surface area contributed by atoms with Crippen molar-refractivity contribution >= 4 is 45.1 Å². The number of carbonyl (C=O) groups excluding carboxylic acids is 2. The number of esters is 1. The standard InChI is InChI=1S/C19H17N3O6S/c1-3-28-19(27)11-4-6-12(7-5-11)21-13(23)8-22-9-20-16-14(17(22)24)10(2)15(29-16)18(25)26/h4-7,9H,3,8H2,1-2H3,(H,21,23)(H,25,26). The molecule has 0 spiro atoms. The van der Waals surface area contributed by atoms with Crippen LogP contribution >= 0.6 is 11.3 Å². The van der Waals surface area contributed by atoms with Gasteiger partial charge < -0.3 is 15.2 Å². The Kier molecular flexibility index (Phi) is 5.74. The molecule has 3 aromatic rings. The van der Waals surface area contributed by atoms with Gasteiger partial charge in [-0.25, -0.2) is 14.6 Å². The number of amides is 1. The molecule has 1 aromatic carbocycles. The van der Waals surface area contributed by atoms with Crippen molar-refractivity contribution < 1.29 is 24.2 Å². The summed E-state index contributed by atoms with van der Waals surface area (Å²) in [5, 5.41) is 12.0. The second-order valence-corrected chi connectivity index (χ2v) is 7.06. The fourth-order valence-corrected chi connectivity index (χ4v) is 3.71. The van der Waals surface area contributed by atoms with Crippen LogP contribution in [0.25, 0.3) is 10.2 Å². The molecule has 0 unspecified atom stereocenters. The number of nitrogens with one attached hydrogen (secondary N) is 1. The molecular weight excluding hydrogens is 398 g/mol. The normalized spacial score (nSPS) is 10.7. The first kappa shape index (κ1) is 20.2. The van der Waals surface area contributed by atoms with Gasteiger partial charge in [-0.05, 0) is 43.7 Å². The highest BCUT2D eigenvalue weighted by Gasteiger charge is 2.19. The molecule has 2 aromatic heterocycles. The predicted octanol–water partition coefficient (Wildman–Crippen LogP) is 2.28. The van der Waals surface area contributed by atoms with Gasteiger partial charge in [0.25, 0.3) is 5.56 Å². The first-order valence-corrected chi connectivity index (χ1v) is 9.42. The van der Waals surface area contributed by atoms with Crippen LogP contribution in [0.15, 0.2) is 35.4 Å². The molecule has 0 saturated carbocycles. The van der Waals surface area contributed by atoms with E-state index in [9.17, 15) is 24.3 Å². The number of carbonyl (C=O) groups is 3. The van der Waals surface area contributed by atoms with E-state index in [0.29, 0.717) is 21.6 Å². The van der Waals surface area contributed by atoms with Gasteiger partial charge in [0.05, 0.1) is 23.9 Å². The highest BCUT2D eigenvalue weighted by molar-refractivity contribution is 7.20. The van der Waals surface area contributed by atoms with Crippen LogP contribution < -0.4 is 10.9 Å². The minimum Gasteiger partial charge on any atom is -0.477 e. The summed E-state index contributed by atoms with van der Waals surface area (Å²) in [4.78, 5) is 52.3. The summed E-state index contributed by atoms with van der Waals surface area (Å²) in [7, 11) is 0. The van der Waals surface area contributed by atoms with Crippen molar-refractivity contribution in [3.05, 3.63) is 57.0 Å². The average Bonchev–Trinajstić information content (AvgIpc) is 3.02. The molecule has 0 bridgehead atoms. The third-order valence-corrected chi connectivity index (χ3v) is 5.29. The number of thiophene rings is 1. The van der Waals surface area contributed by atoms with E-state index in [1.807, 2.05) is 0 Å². The van der Waals surface area contributed by atoms with Gasteiger partial charge in [-0.1, -0.05) is 0 Å². The maximum absolute atomic E-state index is 12.7. The van der Waals surface area contributed by atoms with Gasteiger partial charge in [0, 0.05) is 5.69 Å². The molecule has 0 saturated heterocycles. The van der Waals surface area contributed by atoms with Crippen LogP contribution in [0.5, 0.6) is 0 Å². The number of rotatable bonds is 6. The summed E-state index contributed by atoms with van der Waals surface area (Å²) in [6.45, 7) is 3.22. The highest BCUT2D eigenvalue weighted by atomic mass is 32.1. The third kappa shape index (κ3) is 4.16. The zero-order valence-corrected chi connectivity index (χ0v) is 16.4. The molecule has 9 nitrogen and oxygen atoms in total. The minimum atomic E-state index is -1.12. The van der Waals surface area contributed by atoms with Crippen molar-refractivity contribution in [1.29, 1.82) is 0 Å². The second-order valence-electron chi connectivity index (χ2n) is 6.07. The fraction of sp³-hybridized carbons (Fsp3) is 0.211. The molecule has 0 atom stereocenters. The van der Waals surface area contributed by atoms with Crippen LogP contribution in [0, 0.1) is 6.92 Å². The van der Waals surface area contributed by atoms with Crippen LogP contribution in [0.1, 0.15) is 32.5 Å². The summed E-state index contributed by atoms with van der Waals surface area (Å²) in [6, 6.07) is 6.15. The van der Waals surface area contributed by atoms with Crippen LogP contribution in [-0.2, 0) is 16.1 Å². The Balaban J connectivity index is 1.77. The number of aromatic carboxylic acids is 1. The summed E-state index contributed by atoms with van der Waals surface area (Å²) in [5.74, 6) is -2.05. The van der Waals surface area contributed by atoms with Crippen molar-refractivity contribution in [2.75, 3.05) is 11.9 Å². The smallest absolute Gasteiger partial charge is 0.346 e. The predicted molar refractivity (Wildman–Crippen MR) is 107 cm³/mol. The van der Waals surface area contributed by atoms with E-state index in [4.69, 9.17) is 4.74 Å². The first-order valence-electron chi connectivity index (χ1n) is 8.60. The topological polar surface area (TPSA) is 128 Å². The fourth-order valence-electron chi connectivity index (χ4n) is 2.74. The number of benzene rings is 1. The van der Waals surface area contributed by atoms with Gasteiger partial charge in [0.1, 0.15) is 16.3 Å². The molecule has 0 fully saturated rings. The maximum atomic E-state index is 12.7. The number of fused-ring (bicyclic) bond motifs is 1. The van der Waals surface area contributed by atoms with E-state index in [-0.39, 0.29) is 23.4 Å². The van der Waals surface area contributed by atoms with E-state index >= 15 is 0 Å². The molecule has 29 heavy (non-hydrogen) atoms. The lowest BCUT2D eigenvalue weighted by Crippen LogP contribution is -2.27. The summed E-state index contributed by atoms with van der Waals surface area (Å²) < 4.78 is 6.02. The van der Waals surface area contributed by atoms with E-state index in [0.717, 1.165) is 15.9 Å². The molecule has 2 heterocycles. The number of aryl methyl sites for hydroxylation is 1. The largest absolute Gasteiger partial charge is 0.477 e. The Hall–Kier alpha value is -3.53. The van der Waals surface area contributed by atoms with Gasteiger partial charge in [0.15, 0.2) is 0 Å². The monoisotopic (exact) mass is 415 g/mol. The van der Waals surface area contributed by atoms with Gasteiger partial charge in [0.2, 0.25) is 5.91 Å². The summed E-state index contributed by atoms with van der Waals surface area (Å²) in [5.41, 5.74) is 0.659. The quantitative estimate of drug-likeness (QED) is 0.591. The third-order valence-electron chi connectivity index (χ3n) is 4.11. The molecule has 0 aliphatic rings. The van der Waals surface area contributed by atoms with Gasteiger partial charge in [-0.3, -0.25) is 14.2 Å². The van der Waals surface area contributed by atoms with Gasteiger partial charge in [-0.2, -0.15) is 0 Å². The van der Waals surface area contributed by atoms with Crippen LogP contribution in [0.3, 0.4) is 0 Å². The number of nitrogens with zero attached hydrogens (tertiary/aromatic N) is 2. The van der Waals surface area contributed by atoms with Crippen molar-refractivity contribution in [3.63, 3.8) is 0 Å². The molecule has 150 valence electrons. The molecular formula is C19H17N3O6S. The van der Waals surface area contributed by atoms with Crippen molar-refractivity contribution in [2.24, 2.45) is 0 Å². The van der Waals surface area contributed by atoms with E-state index in [2.05, 4.69) is 10.3 Å². The lowest BCUT2D eigenvalue weighted by atomic mass is 10.2. The molecule has 0 aliphatic heterocycles. The average molecular weight is 415 g/mol. The Labute approximate surface area is 168 Å². The number of anilines is 1. The number of carboxylic acids is 1. The molecule has 1 amide bonds. The molecule has 0 radical (unpaired) electrons. The lowest BCUT2D eigenvalue weighted by Gasteiger charge is -2.08. The number of aromatic nitrogens is 2. The van der Waals surface area contributed by atoms with Crippen LogP contribution in [-0.4, -0.2) is 39.1 Å². The van der Waals surface area contributed by atoms with E-state index < -0.39 is 23.4 Å². The molecule has 3 rings (SSSR count). The SMILES string of the molecule is CCOC(=O)c1ccc(NC(=O)Cn2cnc3sc(C(=O)O)c(C)c3c2=O)cc1. The molecule has 2 N–H and O–H groups in total. The zero-order valence-electron chi connectivity index (χ0n) is 15.6.